The number of rotatable bonds is 8. The summed E-state index contributed by atoms with van der Waals surface area (Å²) in [5.41, 5.74) is 1.52. The summed E-state index contributed by atoms with van der Waals surface area (Å²) >= 11 is 0. The van der Waals surface area contributed by atoms with Crippen LogP contribution in [0.15, 0.2) is 76.7 Å². The van der Waals surface area contributed by atoms with Gasteiger partial charge in [-0.15, -0.1) is 0 Å². The molecule has 5 heterocycles. The number of H-pyrrole nitrogens is 1. The Hall–Kier alpha value is -5.80. The Morgan fingerprint density at radius 2 is 1.45 bits per heavy atom. The Labute approximate surface area is 332 Å². The molecule has 302 valence electrons. The van der Waals surface area contributed by atoms with E-state index >= 15 is 0 Å². The smallest absolute Gasteiger partial charge is 0.272 e. The van der Waals surface area contributed by atoms with E-state index in [0.717, 1.165) is 25.0 Å². The second-order valence-electron chi connectivity index (χ2n) is 15.2. The first-order valence-electron chi connectivity index (χ1n) is 19.7. The van der Waals surface area contributed by atoms with Gasteiger partial charge in [-0.25, -0.2) is 18.3 Å². The van der Waals surface area contributed by atoms with Gasteiger partial charge in [0, 0.05) is 82.2 Å². The molecule has 0 bridgehead atoms. The second-order valence-corrected chi connectivity index (χ2v) is 15.2. The van der Waals surface area contributed by atoms with Crippen molar-refractivity contribution in [2.24, 2.45) is 4.99 Å². The Bertz CT molecular complexity index is 2420. The zero-order valence-electron chi connectivity index (χ0n) is 31.8. The molecule has 2 amide bonds. The van der Waals surface area contributed by atoms with Gasteiger partial charge in [-0.1, -0.05) is 24.3 Å². The van der Waals surface area contributed by atoms with Crippen molar-refractivity contribution >= 4 is 40.3 Å². The SMILES string of the molecule is O=C(CN1CCC(OC2CCN(C([O-])=c3c(F)cc(=C4C=CN=C4)cc3F)CC2)CC1)N1CCN(C(=O)c2cc(Cc3n[nH]c(=O)c4ccccc34)ccc2F)CC1. The Morgan fingerprint density at radius 1 is 0.793 bits per heavy atom. The molecule has 3 fully saturated rings. The van der Waals surface area contributed by atoms with Crippen LogP contribution in [-0.2, 0) is 16.0 Å². The van der Waals surface area contributed by atoms with Crippen LogP contribution in [0.4, 0.5) is 13.2 Å². The summed E-state index contributed by atoms with van der Waals surface area (Å²) in [4.78, 5) is 49.8. The highest BCUT2D eigenvalue weighted by Crippen LogP contribution is 2.23. The molecule has 0 aliphatic carbocycles. The summed E-state index contributed by atoms with van der Waals surface area (Å²) < 4.78 is 51.2. The molecule has 8 rings (SSSR count). The van der Waals surface area contributed by atoms with Crippen molar-refractivity contribution in [3.8, 4) is 0 Å². The number of nitrogens with one attached hydrogen (secondary N) is 1. The van der Waals surface area contributed by atoms with E-state index in [0.29, 0.717) is 91.4 Å². The molecule has 3 aromatic carbocycles. The summed E-state index contributed by atoms with van der Waals surface area (Å²) in [6.45, 7) is 3.53. The van der Waals surface area contributed by atoms with Gasteiger partial charge in [0.25, 0.3) is 11.5 Å². The highest BCUT2D eigenvalue weighted by molar-refractivity contribution is 6.08. The van der Waals surface area contributed by atoms with Crippen LogP contribution in [0.3, 0.4) is 0 Å². The third-order valence-corrected chi connectivity index (χ3v) is 11.5. The number of allylic oxidation sites excluding steroid dienone is 1. The molecule has 1 N–H and O–H groups in total. The lowest BCUT2D eigenvalue weighted by Gasteiger charge is -2.40. The first-order valence-corrected chi connectivity index (χ1v) is 19.7. The number of amides is 2. The normalized spacial score (nSPS) is 18.1. The number of carbonyl (C=O) groups is 2. The van der Waals surface area contributed by atoms with Crippen LogP contribution >= 0.6 is 0 Å². The average Bonchev–Trinajstić information content (AvgIpc) is 3.79. The third-order valence-electron chi connectivity index (χ3n) is 11.5. The molecule has 58 heavy (non-hydrogen) atoms. The number of piperazine rings is 1. The molecule has 15 heteroatoms. The van der Waals surface area contributed by atoms with Gasteiger partial charge < -0.3 is 24.5 Å². The van der Waals surface area contributed by atoms with Gasteiger partial charge >= 0.3 is 0 Å². The summed E-state index contributed by atoms with van der Waals surface area (Å²) in [6.07, 6.45) is 7.52. The molecule has 0 radical (unpaired) electrons. The van der Waals surface area contributed by atoms with Crippen molar-refractivity contribution < 1.29 is 32.6 Å². The lowest BCUT2D eigenvalue weighted by molar-refractivity contribution is -0.275. The van der Waals surface area contributed by atoms with Crippen LogP contribution < -0.4 is 21.1 Å². The van der Waals surface area contributed by atoms with Crippen LogP contribution in [0.1, 0.15) is 47.3 Å². The molecule has 0 atom stereocenters. The standard InChI is InChI=1S/C43H44F3N7O5/c44-35-6-5-27(22-38-32-3-1-2-4-33(32)41(55)49-48-38)21-34(35)42(56)53-19-17-51(18-20-53)39(54)26-50-13-8-30(9-14-50)58-31-10-15-52(16-11-31)43(57)40-36(45)23-29(24-37(40)46)28-7-12-47-25-28/h1-7,12,21,23-25,30-31,57H,8-11,13-20,22,26H2,(H,49,55)/p-1. The van der Waals surface area contributed by atoms with Crippen molar-refractivity contribution in [2.75, 3.05) is 58.9 Å². The maximum Gasteiger partial charge on any atom is 0.272 e. The molecule has 4 aliphatic heterocycles. The molecule has 0 saturated carbocycles. The van der Waals surface area contributed by atoms with E-state index in [2.05, 4.69) is 20.1 Å². The number of piperidine rings is 2. The van der Waals surface area contributed by atoms with Gasteiger partial charge in [-0.05, 0) is 78.8 Å². The van der Waals surface area contributed by atoms with E-state index < -0.39 is 34.5 Å². The zero-order valence-corrected chi connectivity index (χ0v) is 31.8. The van der Waals surface area contributed by atoms with Gasteiger partial charge in [-0.2, -0.15) is 5.10 Å². The number of carbonyl (C=O) groups excluding carboxylic acids is 2. The Balaban J connectivity index is 0.778. The minimum absolute atomic E-state index is 0.00694. The largest absolute Gasteiger partial charge is 0.860 e. The maximum absolute atomic E-state index is 15.0. The zero-order chi connectivity index (χ0) is 40.3. The maximum atomic E-state index is 15.0. The number of hydrogen-bond donors (Lipinski definition) is 1. The van der Waals surface area contributed by atoms with E-state index in [4.69, 9.17) is 4.74 Å². The molecule has 3 saturated heterocycles. The lowest BCUT2D eigenvalue weighted by Crippen LogP contribution is -2.53. The number of likely N-dealkylation sites (tertiary alicyclic amines) is 2. The first-order chi connectivity index (χ1) is 28.1. The van der Waals surface area contributed by atoms with Gasteiger partial charge in [-0.3, -0.25) is 24.3 Å². The number of halogens is 3. The predicted molar refractivity (Wildman–Crippen MR) is 209 cm³/mol. The van der Waals surface area contributed by atoms with E-state index in [1.165, 1.54) is 29.4 Å². The van der Waals surface area contributed by atoms with E-state index in [1.54, 1.807) is 34.1 Å². The van der Waals surface area contributed by atoms with Gasteiger partial charge in [0.2, 0.25) is 5.91 Å². The number of aromatic nitrogens is 2. The fourth-order valence-electron chi connectivity index (χ4n) is 8.20. The number of aromatic amines is 1. The average molecular weight is 795 g/mol. The highest BCUT2D eigenvalue weighted by atomic mass is 19.1. The van der Waals surface area contributed by atoms with Crippen molar-refractivity contribution in [1.82, 2.24) is 29.8 Å². The third kappa shape index (κ3) is 8.41. The number of hydrogen-bond acceptors (Lipinski definition) is 9. The molecule has 12 nitrogen and oxygen atoms in total. The van der Waals surface area contributed by atoms with Crippen LogP contribution in [-0.4, -0.2) is 119 Å². The molecule has 4 aliphatic rings. The summed E-state index contributed by atoms with van der Waals surface area (Å²) in [5.74, 6) is -3.56. The Morgan fingerprint density at radius 3 is 2.12 bits per heavy atom. The van der Waals surface area contributed by atoms with Crippen molar-refractivity contribution in [3.63, 3.8) is 0 Å². The number of aliphatic imine (C=N–C) groups is 1. The van der Waals surface area contributed by atoms with E-state index in [1.807, 2.05) is 12.1 Å². The van der Waals surface area contributed by atoms with Crippen molar-refractivity contribution in [3.05, 3.63) is 122 Å². The van der Waals surface area contributed by atoms with E-state index in [-0.39, 0.29) is 48.9 Å². The number of benzene rings is 3. The molecular weight excluding hydrogens is 752 g/mol. The fourth-order valence-corrected chi connectivity index (χ4v) is 8.20. The second kappa shape index (κ2) is 17.0. The van der Waals surface area contributed by atoms with Gasteiger partial charge in [0.05, 0.1) is 40.6 Å². The number of fused-ring (bicyclic) bond motifs is 1. The van der Waals surface area contributed by atoms with Crippen LogP contribution in [0.25, 0.3) is 22.2 Å². The van der Waals surface area contributed by atoms with Crippen LogP contribution in [0.5, 0.6) is 0 Å². The number of nitrogens with zero attached hydrogens (tertiary/aromatic N) is 6. The monoisotopic (exact) mass is 794 g/mol. The molecular formula is C43H43F3N7O5-. The number of ether oxygens (including phenoxy) is 1. The first kappa shape index (κ1) is 39.0. The topological polar surface area (TPSA) is 138 Å². The lowest BCUT2D eigenvalue weighted by atomic mass is 10.0. The molecule has 0 unspecified atom stereocenters. The fraction of sp³-hybridized carbons (Fsp3) is 0.372. The van der Waals surface area contributed by atoms with Gasteiger partial charge in [0.15, 0.2) is 0 Å². The quantitative estimate of drug-likeness (QED) is 0.287. The van der Waals surface area contributed by atoms with Crippen molar-refractivity contribution in [2.45, 2.75) is 44.3 Å². The predicted octanol–water partition coefficient (Wildman–Crippen LogP) is 2.04. The van der Waals surface area contributed by atoms with Crippen LogP contribution in [0, 0.1) is 17.5 Å². The Kier molecular flexibility index (Phi) is 11.4. The molecule has 1 aromatic heterocycles. The molecule has 4 aromatic rings. The van der Waals surface area contributed by atoms with Crippen molar-refractivity contribution in [1.29, 1.82) is 0 Å². The van der Waals surface area contributed by atoms with Crippen LogP contribution in [0.2, 0.25) is 0 Å². The minimum atomic E-state index is -0.898. The summed E-state index contributed by atoms with van der Waals surface area (Å²) in [7, 11) is 0. The minimum Gasteiger partial charge on any atom is -0.860 e. The highest BCUT2D eigenvalue weighted by Gasteiger charge is 2.30. The van der Waals surface area contributed by atoms with Gasteiger partial charge in [0.1, 0.15) is 17.5 Å². The summed E-state index contributed by atoms with van der Waals surface area (Å²) in [6, 6.07) is 13.8. The molecule has 0 spiro atoms. The van der Waals surface area contributed by atoms with E-state index in [9.17, 15) is 32.7 Å². The summed E-state index contributed by atoms with van der Waals surface area (Å²) in [5, 5.41) is 20.8.